The molecule has 202 valence electrons. The molecule has 1 saturated heterocycles. The number of hydrogen-bond acceptors (Lipinski definition) is 13. The van der Waals surface area contributed by atoms with Crippen LogP contribution in [-0.4, -0.2) is 78.1 Å². The molecule has 1 N–H and O–H groups in total. The minimum atomic E-state index is -4.66. The van der Waals surface area contributed by atoms with E-state index in [0.29, 0.717) is 0 Å². The van der Waals surface area contributed by atoms with Gasteiger partial charge in [0.05, 0.1) is 13.2 Å². The van der Waals surface area contributed by atoms with Gasteiger partial charge in [0.1, 0.15) is 12.2 Å². The molecule has 3 unspecified atom stereocenters. The Labute approximate surface area is 211 Å². The minimum absolute atomic E-state index is 0.175. The lowest BCUT2D eigenvalue weighted by molar-refractivity contribution is -0.0723. The summed E-state index contributed by atoms with van der Waals surface area (Å²) in [6, 6.07) is 1.11. The monoisotopic (exact) mass is 544 g/mol. The highest BCUT2D eigenvalue weighted by Gasteiger charge is 2.52. The first-order valence-electron chi connectivity index (χ1n) is 10.7. The zero-order valence-corrected chi connectivity index (χ0v) is 20.7. The Morgan fingerprint density at radius 1 is 1.16 bits per heavy atom. The number of terminal acetylenes is 2. The molecule has 16 heteroatoms. The van der Waals surface area contributed by atoms with Gasteiger partial charge in [-0.1, -0.05) is 11.8 Å². The van der Waals surface area contributed by atoms with E-state index in [4.69, 9.17) is 45.6 Å². The predicted octanol–water partition coefficient (Wildman–Crippen LogP) is 1.00. The van der Waals surface area contributed by atoms with E-state index in [0.717, 1.165) is 16.8 Å². The topological polar surface area (TPSA) is 180 Å². The fraction of sp³-hybridized carbons (Fsp3) is 0.524. The predicted molar refractivity (Wildman–Crippen MR) is 121 cm³/mol. The average molecular weight is 544 g/mol. The van der Waals surface area contributed by atoms with E-state index in [1.54, 1.807) is 6.92 Å². The van der Waals surface area contributed by atoms with Crippen molar-refractivity contribution in [2.24, 2.45) is 0 Å². The molecule has 1 aliphatic rings. The van der Waals surface area contributed by atoms with Gasteiger partial charge in [0.2, 0.25) is 5.88 Å². The number of nitrogens with zero attached hydrogens (tertiary/aromatic N) is 2. The molecule has 2 rings (SSSR count). The summed E-state index contributed by atoms with van der Waals surface area (Å²) in [5.41, 5.74) is -1.02. The summed E-state index contributed by atoms with van der Waals surface area (Å²) in [7, 11) is -4.66. The van der Waals surface area contributed by atoms with Gasteiger partial charge in [-0.05, 0) is 13.8 Å². The Balaban J connectivity index is 2.41. The lowest BCUT2D eigenvalue weighted by atomic mass is 10.1. The summed E-state index contributed by atoms with van der Waals surface area (Å²) in [5, 5.41) is 0. The normalized spacial score (nSPS) is 22.2. The number of aromatic nitrogens is 2. The zero-order valence-electron chi connectivity index (χ0n) is 19.8. The Hall–Kier alpha value is -3.43. The van der Waals surface area contributed by atoms with Gasteiger partial charge >= 0.3 is 25.8 Å². The lowest BCUT2D eigenvalue weighted by Gasteiger charge is -2.25. The molecule has 0 amide bonds. The van der Waals surface area contributed by atoms with Crippen molar-refractivity contribution < 1.29 is 56.5 Å². The van der Waals surface area contributed by atoms with E-state index in [1.807, 2.05) is 0 Å². The average Bonchev–Trinajstić information content (AvgIpc) is 3.15. The van der Waals surface area contributed by atoms with Gasteiger partial charge < -0.3 is 33.3 Å². The summed E-state index contributed by atoms with van der Waals surface area (Å²) in [4.78, 5) is 50.2. The number of ether oxygens (including phenoxy) is 6. The van der Waals surface area contributed by atoms with Crippen molar-refractivity contribution in [1.82, 2.24) is 9.55 Å². The third-order valence-electron chi connectivity index (χ3n) is 4.36. The first kappa shape index (κ1) is 29.8. The lowest BCUT2D eigenvalue weighted by Crippen LogP contribution is -2.41. The van der Waals surface area contributed by atoms with Crippen LogP contribution < -0.4 is 10.4 Å². The van der Waals surface area contributed by atoms with Gasteiger partial charge in [0.15, 0.2) is 25.5 Å². The fourth-order valence-electron chi connectivity index (χ4n) is 3.01. The SMILES string of the molecule is C#CCOC(=O)Oc1ccn([C@@H]2O[C@H](COCC)C(OP(=O)(O)OCC)C2OC(=O)OCC#C)c(=O)n1. The van der Waals surface area contributed by atoms with Crippen LogP contribution in [0.3, 0.4) is 0 Å². The second kappa shape index (κ2) is 14.3. The number of phosphoric acid groups is 1. The molecular weight excluding hydrogens is 519 g/mol. The molecule has 0 bridgehead atoms. The van der Waals surface area contributed by atoms with Gasteiger partial charge in [0.25, 0.3) is 0 Å². The first-order valence-corrected chi connectivity index (χ1v) is 12.2. The molecule has 1 aromatic heterocycles. The highest BCUT2D eigenvalue weighted by Crippen LogP contribution is 2.48. The molecule has 15 nitrogen and oxygen atoms in total. The maximum atomic E-state index is 12.7. The van der Waals surface area contributed by atoms with Crippen molar-refractivity contribution in [1.29, 1.82) is 0 Å². The van der Waals surface area contributed by atoms with Crippen LogP contribution in [0.4, 0.5) is 9.59 Å². The highest BCUT2D eigenvalue weighted by atomic mass is 31.2. The smallest absolute Gasteiger partial charge is 0.423 e. The molecule has 1 aromatic rings. The third kappa shape index (κ3) is 8.87. The summed E-state index contributed by atoms with van der Waals surface area (Å²) in [5.74, 6) is 3.71. The summed E-state index contributed by atoms with van der Waals surface area (Å²) in [6.45, 7) is 2.22. The number of phosphoric ester groups is 1. The van der Waals surface area contributed by atoms with Crippen molar-refractivity contribution in [3.05, 3.63) is 22.7 Å². The van der Waals surface area contributed by atoms with Gasteiger partial charge in [-0.3, -0.25) is 13.6 Å². The van der Waals surface area contributed by atoms with E-state index in [9.17, 15) is 23.8 Å². The van der Waals surface area contributed by atoms with E-state index in [1.165, 1.54) is 6.92 Å². The van der Waals surface area contributed by atoms with Crippen molar-refractivity contribution in [3.8, 4) is 30.6 Å². The second-order valence-electron chi connectivity index (χ2n) is 6.81. The number of hydrogen-bond donors (Lipinski definition) is 1. The van der Waals surface area contributed by atoms with Crippen LogP contribution >= 0.6 is 7.82 Å². The Kier molecular flexibility index (Phi) is 11.6. The molecule has 0 aromatic carbocycles. The Morgan fingerprint density at radius 2 is 1.84 bits per heavy atom. The highest BCUT2D eigenvalue weighted by molar-refractivity contribution is 7.47. The molecule has 37 heavy (non-hydrogen) atoms. The van der Waals surface area contributed by atoms with Crippen LogP contribution in [0.25, 0.3) is 0 Å². The molecule has 0 saturated carbocycles. The van der Waals surface area contributed by atoms with Gasteiger partial charge in [-0.2, -0.15) is 4.98 Å². The molecule has 1 fully saturated rings. The Morgan fingerprint density at radius 3 is 2.43 bits per heavy atom. The molecular formula is C21H25N2O13P. The molecule has 0 aliphatic carbocycles. The van der Waals surface area contributed by atoms with Gasteiger partial charge in [-0.25, -0.2) is 18.9 Å². The molecule has 0 spiro atoms. The quantitative estimate of drug-likeness (QED) is 0.224. The molecule has 0 radical (unpaired) electrons. The molecule has 5 atom stereocenters. The number of carbonyl (C=O) groups excluding carboxylic acids is 2. The van der Waals surface area contributed by atoms with Crippen LogP contribution in [0.1, 0.15) is 20.1 Å². The summed E-state index contributed by atoms with van der Waals surface area (Å²) >= 11 is 0. The van der Waals surface area contributed by atoms with Crippen LogP contribution in [0, 0.1) is 24.7 Å². The van der Waals surface area contributed by atoms with Crippen molar-refractivity contribution in [3.63, 3.8) is 0 Å². The van der Waals surface area contributed by atoms with Gasteiger partial charge in [0, 0.05) is 18.9 Å². The maximum Gasteiger partial charge on any atom is 0.516 e. The number of carbonyl (C=O) groups is 2. The third-order valence-corrected chi connectivity index (χ3v) is 5.46. The largest absolute Gasteiger partial charge is 0.516 e. The molecule has 2 heterocycles. The van der Waals surface area contributed by atoms with Gasteiger partial charge in [-0.15, -0.1) is 12.8 Å². The van der Waals surface area contributed by atoms with E-state index < -0.39 is 62.8 Å². The maximum absolute atomic E-state index is 12.7. The van der Waals surface area contributed by atoms with Crippen molar-refractivity contribution in [2.75, 3.05) is 33.0 Å². The number of rotatable bonds is 12. The van der Waals surface area contributed by atoms with Crippen LogP contribution in [-0.2, 0) is 37.3 Å². The van der Waals surface area contributed by atoms with Crippen LogP contribution in [0.2, 0.25) is 0 Å². The van der Waals surface area contributed by atoms with E-state index >= 15 is 0 Å². The standard InChI is InChI=1S/C21H25N2O13P/c1-5-11-30-20(25)34-15-9-10-23(19(24)22-15)18-17(35-21(26)31-12-6-2)16(14(33-18)13-29-7-3)36-37(27,28)32-8-4/h1-2,9-10,14,16-18H,7-8,11-13H2,3-4H3,(H,27,28)/t14-,16?,17?,18-/m1/s1. The van der Waals surface area contributed by atoms with Crippen LogP contribution in [0.15, 0.2) is 17.1 Å². The minimum Gasteiger partial charge on any atom is -0.423 e. The fourth-order valence-corrected chi connectivity index (χ4v) is 3.96. The summed E-state index contributed by atoms with van der Waals surface area (Å²) < 4.78 is 53.7. The second-order valence-corrected chi connectivity index (χ2v) is 8.21. The molecule has 1 aliphatic heterocycles. The van der Waals surface area contributed by atoms with Crippen molar-refractivity contribution >= 4 is 20.1 Å². The summed E-state index contributed by atoms with van der Waals surface area (Å²) in [6.07, 6.45) is 3.08. The van der Waals surface area contributed by atoms with E-state index in [2.05, 4.69) is 21.6 Å². The first-order chi connectivity index (χ1) is 17.6. The van der Waals surface area contributed by atoms with Crippen molar-refractivity contribution in [2.45, 2.75) is 38.4 Å². The Bertz CT molecular complexity index is 1120. The van der Waals surface area contributed by atoms with Crippen LogP contribution in [0.5, 0.6) is 5.88 Å². The van der Waals surface area contributed by atoms with E-state index in [-0.39, 0.29) is 26.4 Å². The zero-order chi connectivity index (χ0) is 27.4.